The number of carbonyl (C=O) groups excluding carboxylic acids is 3. The lowest BCUT2D eigenvalue weighted by molar-refractivity contribution is 0.0734. The third kappa shape index (κ3) is 5.38. The molecule has 0 bridgehead atoms. The fraction of sp³-hybridized carbons (Fsp3) is 0.152. The zero-order chi connectivity index (χ0) is 31.2. The highest BCUT2D eigenvalue weighted by Crippen LogP contribution is 2.29. The summed E-state index contributed by atoms with van der Waals surface area (Å²) in [6, 6.07) is 24.0. The molecule has 2 heterocycles. The molecule has 5 aromatic rings. The molecular formula is C33H27ClN4O5S. The number of nitrogens with zero attached hydrogens (tertiary/aromatic N) is 3. The van der Waals surface area contributed by atoms with Crippen LogP contribution >= 0.6 is 11.6 Å². The van der Waals surface area contributed by atoms with Crippen LogP contribution in [0.25, 0.3) is 16.5 Å². The normalized spacial score (nSPS) is 13.0. The zero-order valence-corrected chi connectivity index (χ0v) is 25.4. The lowest BCUT2D eigenvalue weighted by Crippen LogP contribution is -2.37. The molecule has 0 atom stereocenters. The van der Waals surface area contributed by atoms with E-state index in [0.29, 0.717) is 36.3 Å². The Hall–Kier alpha value is -4.80. The molecule has 11 heteroatoms. The van der Waals surface area contributed by atoms with Gasteiger partial charge >= 0.3 is 0 Å². The predicted octanol–water partition coefficient (Wildman–Crippen LogP) is 5.51. The van der Waals surface area contributed by atoms with E-state index in [4.69, 9.17) is 11.6 Å². The van der Waals surface area contributed by atoms with Crippen LogP contribution in [0.5, 0.6) is 0 Å². The van der Waals surface area contributed by atoms with E-state index in [0.717, 1.165) is 16.5 Å². The molecule has 222 valence electrons. The molecule has 0 aliphatic carbocycles. The van der Waals surface area contributed by atoms with Gasteiger partial charge in [0.15, 0.2) is 5.78 Å². The zero-order valence-electron chi connectivity index (χ0n) is 23.9. The number of sulfonamides is 1. The highest BCUT2D eigenvalue weighted by molar-refractivity contribution is 7.90. The highest BCUT2D eigenvalue weighted by Gasteiger charge is 2.28. The monoisotopic (exact) mass is 626 g/mol. The average molecular weight is 627 g/mol. The lowest BCUT2D eigenvalue weighted by atomic mass is 9.98. The fourth-order valence-corrected chi connectivity index (χ4v) is 6.65. The number of carbonyl (C=O) groups is 3. The fourth-order valence-electron chi connectivity index (χ4n) is 5.39. The molecule has 1 aromatic heterocycles. The van der Waals surface area contributed by atoms with E-state index >= 15 is 0 Å². The minimum atomic E-state index is -4.23. The Morgan fingerprint density at radius 2 is 1.59 bits per heavy atom. The van der Waals surface area contributed by atoms with Crippen molar-refractivity contribution >= 4 is 50.0 Å². The number of hydrogen-bond acceptors (Lipinski definition) is 6. The molecule has 44 heavy (non-hydrogen) atoms. The molecule has 6 rings (SSSR count). The van der Waals surface area contributed by atoms with Crippen molar-refractivity contribution in [2.45, 2.75) is 31.7 Å². The van der Waals surface area contributed by atoms with Gasteiger partial charge in [-0.3, -0.25) is 14.4 Å². The van der Waals surface area contributed by atoms with Gasteiger partial charge in [0.25, 0.3) is 21.8 Å². The molecule has 9 nitrogen and oxygen atoms in total. The Kier molecular flexibility index (Phi) is 7.56. The Morgan fingerprint density at radius 1 is 0.886 bits per heavy atom. The van der Waals surface area contributed by atoms with Crippen LogP contribution in [0.1, 0.15) is 54.9 Å². The maximum Gasteiger partial charge on any atom is 0.265 e. The summed E-state index contributed by atoms with van der Waals surface area (Å²) in [5, 5.41) is 6.10. The number of Topliss-reactive ketones (excluding diaryl/α,β-unsaturated/α-hetero) is 1. The van der Waals surface area contributed by atoms with Gasteiger partial charge in [0.05, 0.1) is 26.9 Å². The van der Waals surface area contributed by atoms with E-state index < -0.39 is 15.9 Å². The van der Waals surface area contributed by atoms with E-state index in [1.165, 1.54) is 41.9 Å². The summed E-state index contributed by atoms with van der Waals surface area (Å²) in [5.41, 5.74) is 3.03. The van der Waals surface area contributed by atoms with Gasteiger partial charge in [-0.2, -0.15) is 5.10 Å². The number of benzene rings is 4. The molecule has 4 aromatic carbocycles. The van der Waals surface area contributed by atoms with Gasteiger partial charge in [-0.05, 0) is 65.6 Å². The third-order valence-electron chi connectivity index (χ3n) is 7.77. The van der Waals surface area contributed by atoms with Crippen LogP contribution < -0.4 is 4.72 Å². The van der Waals surface area contributed by atoms with Crippen LogP contribution in [0.4, 0.5) is 0 Å². The van der Waals surface area contributed by atoms with E-state index in [2.05, 4.69) is 9.82 Å². The van der Waals surface area contributed by atoms with Gasteiger partial charge in [-0.15, -0.1) is 0 Å². The van der Waals surface area contributed by atoms with Crippen molar-refractivity contribution in [3.05, 3.63) is 124 Å². The second kappa shape index (κ2) is 11.4. The van der Waals surface area contributed by atoms with E-state index in [-0.39, 0.29) is 38.4 Å². The van der Waals surface area contributed by atoms with Crippen LogP contribution in [0.3, 0.4) is 0 Å². The summed E-state index contributed by atoms with van der Waals surface area (Å²) >= 11 is 6.41. The average Bonchev–Trinajstić information content (AvgIpc) is 3.33. The lowest BCUT2D eigenvalue weighted by Gasteiger charge is -2.29. The number of nitrogens with one attached hydrogen (secondary N) is 1. The third-order valence-corrected chi connectivity index (χ3v) is 9.55. The molecule has 2 amide bonds. The first-order valence-corrected chi connectivity index (χ1v) is 15.7. The van der Waals surface area contributed by atoms with Gasteiger partial charge in [-0.25, -0.2) is 17.8 Å². The van der Waals surface area contributed by atoms with Gasteiger partial charge in [0.1, 0.15) is 5.69 Å². The maximum absolute atomic E-state index is 14.1. The number of amides is 2. The van der Waals surface area contributed by atoms with Crippen LogP contribution in [-0.4, -0.2) is 47.2 Å². The van der Waals surface area contributed by atoms with E-state index in [9.17, 15) is 22.8 Å². The maximum atomic E-state index is 14.1. The molecule has 1 aliphatic rings. The number of fused-ring (bicyclic) bond motifs is 2. The molecular weight excluding hydrogens is 600 g/mol. The minimum Gasteiger partial charge on any atom is -0.334 e. The Balaban J connectivity index is 1.38. The minimum absolute atomic E-state index is 0.0402. The van der Waals surface area contributed by atoms with Crippen LogP contribution in [-0.2, 0) is 23.0 Å². The van der Waals surface area contributed by atoms with Crippen molar-refractivity contribution in [2.24, 2.45) is 0 Å². The number of ketones is 1. The number of aromatic nitrogens is 2. The van der Waals surface area contributed by atoms with Gasteiger partial charge < -0.3 is 4.90 Å². The highest BCUT2D eigenvalue weighted by atomic mass is 35.5. The summed E-state index contributed by atoms with van der Waals surface area (Å²) < 4.78 is 30.0. The second-order valence-electron chi connectivity index (χ2n) is 10.6. The number of halogens is 1. The second-order valence-corrected chi connectivity index (χ2v) is 12.7. The van der Waals surface area contributed by atoms with Crippen molar-refractivity contribution in [3.8, 4) is 5.69 Å². The predicted molar refractivity (Wildman–Crippen MR) is 167 cm³/mol. The standard InChI is InChI=1S/C33H27ClN4O5S/c1-20-30(34)31(21(2)39)35-38(20)29-14-12-25(18-28(29)33(41)37-16-15-23-8-4-6-10-26(23)19-37)32(40)36-44(42,43)27-13-11-22-7-3-5-9-24(22)17-27/h3-14,17-18H,15-16,19H2,1-2H3,(H,36,40). The van der Waals surface area contributed by atoms with E-state index in [1.807, 2.05) is 36.4 Å². The first-order chi connectivity index (χ1) is 21.0. The number of rotatable bonds is 6. The van der Waals surface area contributed by atoms with Crippen molar-refractivity contribution < 1.29 is 22.8 Å². The van der Waals surface area contributed by atoms with Crippen molar-refractivity contribution in [3.63, 3.8) is 0 Å². The summed E-state index contributed by atoms with van der Waals surface area (Å²) in [4.78, 5) is 41.2. The Labute approximate surface area is 259 Å². The van der Waals surface area contributed by atoms with Crippen molar-refractivity contribution in [1.29, 1.82) is 0 Å². The number of hydrogen-bond donors (Lipinski definition) is 1. The van der Waals surface area contributed by atoms with Crippen molar-refractivity contribution in [1.82, 2.24) is 19.4 Å². The molecule has 1 aliphatic heterocycles. The first-order valence-electron chi connectivity index (χ1n) is 13.9. The van der Waals surface area contributed by atoms with Gasteiger partial charge in [0.2, 0.25) is 0 Å². The van der Waals surface area contributed by atoms with Crippen LogP contribution in [0.15, 0.2) is 89.8 Å². The molecule has 0 spiro atoms. The van der Waals surface area contributed by atoms with Gasteiger partial charge in [-0.1, -0.05) is 66.2 Å². The topological polar surface area (TPSA) is 118 Å². The molecule has 0 unspecified atom stereocenters. The van der Waals surface area contributed by atoms with E-state index in [1.54, 1.807) is 30.0 Å². The Morgan fingerprint density at radius 3 is 2.32 bits per heavy atom. The van der Waals surface area contributed by atoms with Crippen LogP contribution in [0, 0.1) is 6.92 Å². The smallest absolute Gasteiger partial charge is 0.265 e. The quantitative estimate of drug-likeness (QED) is 0.248. The van der Waals surface area contributed by atoms with Gasteiger partial charge in [0, 0.05) is 25.6 Å². The summed E-state index contributed by atoms with van der Waals surface area (Å²) in [7, 11) is -4.23. The van der Waals surface area contributed by atoms with Crippen molar-refractivity contribution in [2.75, 3.05) is 6.54 Å². The largest absolute Gasteiger partial charge is 0.334 e. The first kappa shape index (κ1) is 29.3. The molecule has 0 fully saturated rings. The Bertz CT molecular complexity index is 2100. The summed E-state index contributed by atoms with van der Waals surface area (Å²) in [6.45, 7) is 3.82. The summed E-state index contributed by atoms with van der Waals surface area (Å²) in [6.07, 6.45) is 0.655. The summed E-state index contributed by atoms with van der Waals surface area (Å²) in [5.74, 6) is -1.62. The molecule has 0 radical (unpaired) electrons. The molecule has 0 saturated carbocycles. The molecule has 1 N–H and O–H groups in total. The molecule has 0 saturated heterocycles. The SMILES string of the molecule is CC(=O)c1nn(-c2ccc(C(=O)NS(=O)(=O)c3ccc4ccccc4c3)cc2C(=O)N2CCc3ccccc3C2)c(C)c1Cl. The van der Waals surface area contributed by atoms with Crippen LogP contribution in [0.2, 0.25) is 5.02 Å².